The van der Waals surface area contributed by atoms with Crippen molar-refractivity contribution in [2.24, 2.45) is 0 Å². The van der Waals surface area contributed by atoms with Crippen LogP contribution in [0.1, 0.15) is 37.8 Å². The number of aromatic nitrogens is 2. The highest BCUT2D eigenvalue weighted by Crippen LogP contribution is 2.23. The van der Waals surface area contributed by atoms with Gasteiger partial charge >= 0.3 is 0 Å². The second-order valence-corrected chi connectivity index (χ2v) is 4.00. The average molecular weight is 257 g/mol. The van der Waals surface area contributed by atoms with Gasteiger partial charge in [-0.05, 0) is 37.6 Å². The summed E-state index contributed by atoms with van der Waals surface area (Å²) >= 11 is 0. The molecule has 5 heteroatoms. The van der Waals surface area contributed by atoms with Crippen molar-refractivity contribution in [3.63, 3.8) is 0 Å². The minimum atomic E-state index is -0.138. The van der Waals surface area contributed by atoms with Crippen LogP contribution in [0.5, 0.6) is 0 Å². The first-order chi connectivity index (χ1) is 9.28. The van der Waals surface area contributed by atoms with Crippen LogP contribution in [0.2, 0.25) is 0 Å². The molecule has 1 heterocycles. The average Bonchev–Trinajstić information content (AvgIpc) is 2.94. The van der Waals surface area contributed by atoms with Crippen LogP contribution in [-0.2, 0) is 4.74 Å². The van der Waals surface area contributed by atoms with E-state index in [0.717, 1.165) is 12.0 Å². The fourth-order valence-corrected chi connectivity index (χ4v) is 1.75. The Morgan fingerprint density at radius 2 is 2.05 bits per heavy atom. The lowest BCUT2D eigenvalue weighted by Gasteiger charge is -2.09. The minimum absolute atomic E-state index is 0.138. The molecular weight excluding hydrogens is 242 g/mol. The van der Waals surface area contributed by atoms with Crippen LogP contribution in [0.25, 0.3) is 11.5 Å². The molecule has 0 aliphatic heterocycles. The van der Waals surface area contributed by atoms with Crippen LogP contribution in [0.15, 0.2) is 28.8 Å². The maximum atomic E-state index is 8.75. The monoisotopic (exact) mass is 257 g/mol. The third-order valence-electron chi connectivity index (χ3n) is 2.73. The van der Waals surface area contributed by atoms with E-state index in [1.165, 1.54) is 0 Å². The van der Waals surface area contributed by atoms with Gasteiger partial charge in [-0.25, -0.2) is 0 Å². The van der Waals surface area contributed by atoms with E-state index < -0.39 is 0 Å². The highest BCUT2D eigenvalue weighted by Gasteiger charge is 2.17. The molecule has 1 aromatic heterocycles. The second-order valence-electron chi connectivity index (χ2n) is 4.00. The number of nitrogens with zero attached hydrogens (tertiary/aromatic N) is 3. The number of benzene rings is 1. The summed E-state index contributed by atoms with van der Waals surface area (Å²) in [4.78, 5) is 4.34. The summed E-state index contributed by atoms with van der Waals surface area (Å²) in [5.41, 5.74) is 1.40. The van der Waals surface area contributed by atoms with Crippen LogP contribution in [0.4, 0.5) is 0 Å². The standard InChI is InChI=1S/C14H15N3O2/c1-3-12(18-4-2)13-16-14(19-17-13)11-7-5-10(9-15)6-8-11/h5-8,12H,3-4H2,1-2H3. The Balaban J connectivity index is 2.22. The van der Waals surface area contributed by atoms with Crippen molar-refractivity contribution in [2.75, 3.05) is 6.61 Å². The predicted molar refractivity (Wildman–Crippen MR) is 69.1 cm³/mol. The van der Waals surface area contributed by atoms with Crippen LogP contribution in [0.3, 0.4) is 0 Å². The molecule has 19 heavy (non-hydrogen) atoms. The number of hydrogen-bond donors (Lipinski definition) is 0. The van der Waals surface area contributed by atoms with Gasteiger partial charge in [-0.2, -0.15) is 10.2 Å². The summed E-state index contributed by atoms with van der Waals surface area (Å²) in [5.74, 6) is 1.00. The quantitative estimate of drug-likeness (QED) is 0.823. The van der Waals surface area contributed by atoms with Crippen molar-refractivity contribution < 1.29 is 9.26 Å². The van der Waals surface area contributed by atoms with Gasteiger partial charge in [0.05, 0.1) is 11.6 Å². The predicted octanol–water partition coefficient (Wildman–Crippen LogP) is 3.10. The Bertz CT molecular complexity index is 569. The summed E-state index contributed by atoms with van der Waals surface area (Å²) in [5, 5.41) is 12.7. The highest BCUT2D eigenvalue weighted by molar-refractivity contribution is 5.54. The largest absolute Gasteiger partial charge is 0.370 e. The molecule has 0 N–H and O–H groups in total. The maximum absolute atomic E-state index is 8.75. The van der Waals surface area contributed by atoms with Gasteiger partial charge in [0.25, 0.3) is 5.89 Å². The highest BCUT2D eigenvalue weighted by atomic mass is 16.5. The van der Waals surface area contributed by atoms with E-state index in [1.54, 1.807) is 24.3 Å². The Kier molecular flexibility index (Phi) is 4.26. The molecule has 0 fully saturated rings. The van der Waals surface area contributed by atoms with Gasteiger partial charge in [-0.1, -0.05) is 12.1 Å². The van der Waals surface area contributed by atoms with Crippen molar-refractivity contribution in [1.82, 2.24) is 10.1 Å². The van der Waals surface area contributed by atoms with Gasteiger partial charge in [-0.3, -0.25) is 0 Å². The molecule has 0 bridgehead atoms. The molecule has 0 saturated heterocycles. The van der Waals surface area contributed by atoms with Crippen LogP contribution >= 0.6 is 0 Å². The lowest BCUT2D eigenvalue weighted by Crippen LogP contribution is -2.04. The molecule has 0 amide bonds. The van der Waals surface area contributed by atoms with Gasteiger partial charge in [0.1, 0.15) is 6.10 Å². The number of nitriles is 1. The number of ether oxygens (including phenoxy) is 1. The van der Waals surface area contributed by atoms with E-state index in [9.17, 15) is 0 Å². The van der Waals surface area contributed by atoms with E-state index in [-0.39, 0.29) is 6.10 Å². The Hall–Kier alpha value is -2.19. The third kappa shape index (κ3) is 2.98. The topological polar surface area (TPSA) is 71.9 Å². The summed E-state index contributed by atoms with van der Waals surface area (Å²) in [6, 6.07) is 9.09. The molecule has 5 nitrogen and oxygen atoms in total. The van der Waals surface area contributed by atoms with Gasteiger partial charge in [-0.15, -0.1) is 0 Å². The fourth-order valence-electron chi connectivity index (χ4n) is 1.75. The molecular formula is C14H15N3O2. The van der Waals surface area contributed by atoms with Crippen molar-refractivity contribution in [1.29, 1.82) is 5.26 Å². The summed E-state index contributed by atoms with van der Waals surface area (Å²) in [6.07, 6.45) is 0.654. The van der Waals surface area contributed by atoms with Crippen LogP contribution < -0.4 is 0 Å². The lowest BCUT2D eigenvalue weighted by molar-refractivity contribution is 0.0518. The van der Waals surface area contributed by atoms with Gasteiger partial charge in [0.2, 0.25) is 5.82 Å². The second kappa shape index (κ2) is 6.12. The summed E-state index contributed by atoms with van der Waals surface area (Å²) in [7, 11) is 0. The summed E-state index contributed by atoms with van der Waals surface area (Å²) in [6.45, 7) is 4.56. The van der Waals surface area contributed by atoms with Gasteiger partial charge in [0.15, 0.2) is 0 Å². The zero-order chi connectivity index (χ0) is 13.7. The molecule has 1 unspecified atom stereocenters. The normalized spacial score (nSPS) is 12.1. The molecule has 0 aliphatic rings. The van der Waals surface area contributed by atoms with E-state index in [1.807, 2.05) is 13.8 Å². The van der Waals surface area contributed by atoms with Gasteiger partial charge < -0.3 is 9.26 Å². The Labute approximate surface area is 111 Å². The van der Waals surface area contributed by atoms with Crippen LogP contribution in [0, 0.1) is 11.3 Å². The first-order valence-electron chi connectivity index (χ1n) is 6.24. The fraction of sp³-hybridized carbons (Fsp3) is 0.357. The molecule has 0 aliphatic carbocycles. The third-order valence-corrected chi connectivity index (χ3v) is 2.73. The van der Waals surface area contributed by atoms with E-state index in [2.05, 4.69) is 16.2 Å². The Morgan fingerprint density at radius 1 is 1.32 bits per heavy atom. The minimum Gasteiger partial charge on any atom is -0.370 e. The maximum Gasteiger partial charge on any atom is 0.258 e. The van der Waals surface area contributed by atoms with Crippen molar-refractivity contribution in [3.05, 3.63) is 35.7 Å². The SMILES string of the molecule is CCOC(CC)c1noc(-c2ccc(C#N)cc2)n1. The van der Waals surface area contributed by atoms with E-state index in [4.69, 9.17) is 14.5 Å². The molecule has 98 valence electrons. The zero-order valence-corrected chi connectivity index (χ0v) is 11.0. The van der Waals surface area contributed by atoms with Gasteiger partial charge in [0, 0.05) is 12.2 Å². The van der Waals surface area contributed by atoms with Crippen molar-refractivity contribution in [2.45, 2.75) is 26.4 Å². The smallest absolute Gasteiger partial charge is 0.258 e. The molecule has 0 saturated carbocycles. The van der Waals surface area contributed by atoms with Crippen molar-refractivity contribution >= 4 is 0 Å². The lowest BCUT2D eigenvalue weighted by atomic mass is 10.1. The van der Waals surface area contributed by atoms with E-state index >= 15 is 0 Å². The molecule has 2 rings (SSSR count). The Morgan fingerprint density at radius 3 is 2.63 bits per heavy atom. The van der Waals surface area contributed by atoms with Crippen molar-refractivity contribution in [3.8, 4) is 17.5 Å². The van der Waals surface area contributed by atoms with Crippen LogP contribution in [-0.4, -0.2) is 16.7 Å². The number of hydrogen-bond acceptors (Lipinski definition) is 5. The zero-order valence-electron chi connectivity index (χ0n) is 11.0. The molecule has 0 spiro atoms. The number of rotatable bonds is 5. The first kappa shape index (κ1) is 13.2. The molecule has 1 aromatic carbocycles. The molecule has 2 aromatic rings. The molecule has 0 radical (unpaired) electrons. The molecule has 1 atom stereocenters. The first-order valence-corrected chi connectivity index (χ1v) is 6.24. The van der Waals surface area contributed by atoms with E-state index in [0.29, 0.717) is 23.9 Å². The summed E-state index contributed by atoms with van der Waals surface area (Å²) < 4.78 is 10.8.